The maximum absolute atomic E-state index is 12.7. The summed E-state index contributed by atoms with van der Waals surface area (Å²) in [7, 11) is 0. The first-order valence-corrected chi connectivity index (χ1v) is 9.93. The van der Waals surface area contributed by atoms with E-state index < -0.39 is 11.4 Å². The second kappa shape index (κ2) is 8.57. The number of aryl methyl sites for hydroxylation is 1. The van der Waals surface area contributed by atoms with E-state index in [0.29, 0.717) is 40.1 Å². The summed E-state index contributed by atoms with van der Waals surface area (Å²) in [4.78, 5) is 28.9. The van der Waals surface area contributed by atoms with Crippen molar-refractivity contribution in [3.8, 4) is 11.3 Å². The molecule has 0 saturated heterocycles. The number of nitrogens with zero attached hydrogens (tertiary/aromatic N) is 2. The number of benzene rings is 1. The van der Waals surface area contributed by atoms with E-state index in [1.807, 2.05) is 26.0 Å². The lowest BCUT2D eigenvalue weighted by molar-refractivity contribution is 0.0695. The van der Waals surface area contributed by atoms with Crippen LogP contribution in [0.5, 0.6) is 0 Å². The highest BCUT2D eigenvalue weighted by atomic mass is 35.5. The number of aromatic nitrogens is 2. The minimum absolute atomic E-state index is 0.271. The molecule has 2 heterocycles. The first-order chi connectivity index (χ1) is 13.7. The number of halogens is 3. The predicted molar refractivity (Wildman–Crippen MR) is 116 cm³/mol. The molecule has 1 aromatic carbocycles. The van der Waals surface area contributed by atoms with Crippen molar-refractivity contribution in [3.05, 3.63) is 84.3 Å². The van der Waals surface area contributed by atoms with Gasteiger partial charge in [0.05, 0.1) is 15.7 Å². The predicted octanol–water partition coefficient (Wildman–Crippen LogP) is 5.49. The van der Waals surface area contributed by atoms with Gasteiger partial charge in [0.1, 0.15) is 10.7 Å². The maximum atomic E-state index is 12.7. The lowest BCUT2D eigenvalue weighted by Crippen LogP contribution is -2.23. The molecule has 0 fully saturated rings. The summed E-state index contributed by atoms with van der Waals surface area (Å²) in [6.45, 7) is 4.16. The van der Waals surface area contributed by atoms with Crippen molar-refractivity contribution in [2.75, 3.05) is 0 Å². The number of hydrogen-bond donors (Lipinski definition) is 1. The van der Waals surface area contributed by atoms with E-state index in [4.69, 9.17) is 34.8 Å². The topological polar surface area (TPSA) is 72.2 Å². The average Bonchev–Trinajstić information content (AvgIpc) is 2.66. The normalized spacial score (nSPS) is 10.9. The number of aromatic carboxylic acids is 1. The molecule has 8 heteroatoms. The first-order valence-electron chi connectivity index (χ1n) is 8.80. The molecule has 150 valence electrons. The molecule has 0 spiro atoms. The molecule has 0 unspecified atom stereocenters. The Morgan fingerprint density at radius 2 is 1.83 bits per heavy atom. The highest BCUT2D eigenvalue weighted by molar-refractivity contribution is 6.42. The summed E-state index contributed by atoms with van der Waals surface area (Å²) in [5, 5.41) is 10.7. The Hall–Kier alpha value is -2.34. The Kier molecular flexibility index (Phi) is 6.32. The molecule has 29 heavy (non-hydrogen) atoms. The van der Waals surface area contributed by atoms with Crippen LogP contribution in [0.25, 0.3) is 11.3 Å². The minimum Gasteiger partial charge on any atom is -0.477 e. The second-order valence-corrected chi connectivity index (χ2v) is 7.66. The van der Waals surface area contributed by atoms with Gasteiger partial charge in [-0.15, -0.1) is 0 Å². The quantitative estimate of drug-likeness (QED) is 0.521. The lowest BCUT2D eigenvalue weighted by Gasteiger charge is -2.20. The monoisotopic (exact) mass is 450 g/mol. The minimum atomic E-state index is -1.30. The van der Waals surface area contributed by atoms with E-state index in [1.165, 1.54) is 6.07 Å². The summed E-state index contributed by atoms with van der Waals surface area (Å²) < 4.78 is 1.78. The van der Waals surface area contributed by atoms with E-state index in [-0.39, 0.29) is 16.3 Å². The van der Waals surface area contributed by atoms with Crippen molar-refractivity contribution < 1.29 is 9.90 Å². The Morgan fingerprint density at radius 3 is 2.41 bits per heavy atom. The van der Waals surface area contributed by atoms with E-state index >= 15 is 0 Å². The van der Waals surface area contributed by atoms with Crippen LogP contribution in [0.4, 0.5) is 0 Å². The molecule has 0 saturated carbocycles. The van der Waals surface area contributed by atoms with E-state index in [2.05, 4.69) is 4.98 Å². The summed E-state index contributed by atoms with van der Waals surface area (Å²) in [5.74, 6) is -1.30. The van der Waals surface area contributed by atoms with Gasteiger partial charge < -0.3 is 9.67 Å². The van der Waals surface area contributed by atoms with Crippen LogP contribution in [0.1, 0.15) is 34.2 Å². The first kappa shape index (κ1) is 21.4. The summed E-state index contributed by atoms with van der Waals surface area (Å²) in [6, 6.07) is 9.79. The molecule has 0 aliphatic heterocycles. The summed E-state index contributed by atoms with van der Waals surface area (Å²) in [5.41, 5.74) is 2.01. The van der Waals surface area contributed by atoms with Crippen molar-refractivity contribution in [1.29, 1.82) is 0 Å². The molecular formula is C21H17Cl3N2O3. The smallest absolute Gasteiger partial charge is 0.341 e. The van der Waals surface area contributed by atoms with Gasteiger partial charge in [0, 0.05) is 36.0 Å². The third-order valence-electron chi connectivity index (χ3n) is 4.58. The fraction of sp³-hybridized carbons (Fsp3) is 0.190. The number of pyridine rings is 2. The molecule has 0 aliphatic carbocycles. The van der Waals surface area contributed by atoms with Crippen LogP contribution in [0, 0.1) is 6.92 Å². The number of carboxylic acids is 1. The van der Waals surface area contributed by atoms with Crippen LogP contribution < -0.4 is 5.43 Å². The van der Waals surface area contributed by atoms with Gasteiger partial charge in [0.25, 0.3) is 0 Å². The molecule has 2 aromatic heterocycles. The molecule has 0 amide bonds. The standard InChI is InChI=1S/C21H17Cl3N2O3/c1-3-26-14(9-13-6-4-11(2)20(24)25-13)10-17(27)18(21(28)29)19(26)12-5-7-15(22)16(23)8-12/h4-8,10H,3,9H2,1-2H3,(H,28,29). The highest BCUT2D eigenvalue weighted by Gasteiger charge is 2.22. The third-order valence-corrected chi connectivity index (χ3v) is 5.70. The van der Waals surface area contributed by atoms with E-state index in [1.54, 1.807) is 22.8 Å². The summed E-state index contributed by atoms with van der Waals surface area (Å²) in [6.07, 6.45) is 0.317. The SMILES string of the molecule is CCn1c(Cc2ccc(C)c(Cl)n2)cc(=O)c(C(=O)O)c1-c1ccc(Cl)c(Cl)c1. The maximum Gasteiger partial charge on any atom is 0.341 e. The van der Waals surface area contributed by atoms with Gasteiger partial charge >= 0.3 is 5.97 Å². The van der Waals surface area contributed by atoms with E-state index in [9.17, 15) is 14.7 Å². The number of hydrogen-bond acceptors (Lipinski definition) is 3. The van der Waals surface area contributed by atoms with E-state index in [0.717, 1.165) is 5.56 Å². The largest absolute Gasteiger partial charge is 0.477 e. The summed E-state index contributed by atoms with van der Waals surface area (Å²) >= 11 is 18.3. The van der Waals surface area contributed by atoms with Gasteiger partial charge in [-0.3, -0.25) is 4.79 Å². The van der Waals surface area contributed by atoms with Gasteiger partial charge in [-0.2, -0.15) is 0 Å². The van der Waals surface area contributed by atoms with Gasteiger partial charge in [0.15, 0.2) is 5.43 Å². The molecule has 0 aliphatic rings. The second-order valence-electron chi connectivity index (χ2n) is 6.49. The number of carbonyl (C=O) groups is 1. The lowest BCUT2D eigenvalue weighted by atomic mass is 10.0. The van der Waals surface area contributed by atoms with Crippen LogP contribution in [0.3, 0.4) is 0 Å². The van der Waals surface area contributed by atoms with Crippen molar-refractivity contribution in [3.63, 3.8) is 0 Å². The van der Waals surface area contributed by atoms with Gasteiger partial charge in [-0.25, -0.2) is 9.78 Å². The van der Waals surface area contributed by atoms with Crippen LogP contribution in [0.2, 0.25) is 15.2 Å². The Labute approximate surface area is 182 Å². The Morgan fingerprint density at radius 1 is 1.10 bits per heavy atom. The molecular weight excluding hydrogens is 435 g/mol. The van der Waals surface area contributed by atoms with Crippen molar-refractivity contribution >= 4 is 40.8 Å². The number of rotatable bonds is 5. The van der Waals surface area contributed by atoms with Crippen molar-refractivity contribution in [2.24, 2.45) is 0 Å². The van der Waals surface area contributed by atoms with Crippen molar-refractivity contribution in [2.45, 2.75) is 26.8 Å². The van der Waals surface area contributed by atoms with Crippen LogP contribution in [-0.4, -0.2) is 20.6 Å². The molecule has 3 rings (SSSR count). The highest BCUT2D eigenvalue weighted by Crippen LogP contribution is 2.31. The van der Waals surface area contributed by atoms with Gasteiger partial charge in [-0.05, 0) is 37.6 Å². The molecule has 1 N–H and O–H groups in total. The Balaban J connectivity index is 2.27. The number of carboxylic acid groups (broad SMARTS) is 1. The van der Waals surface area contributed by atoms with Crippen LogP contribution >= 0.6 is 34.8 Å². The fourth-order valence-corrected chi connectivity index (χ4v) is 3.65. The third kappa shape index (κ3) is 4.32. The zero-order chi connectivity index (χ0) is 21.3. The molecule has 5 nitrogen and oxygen atoms in total. The Bertz CT molecular complexity index is 1170. The molecule has 0 radical (unpaired) electrons. The average molecular weight is 452 g/mol. The zero-order valence-corrected chi connectivity index (χ0v) is 17.9. The van der Waals surface area contributed by atoms with Gasteiger partial charge in [0.2, 0.25) is 0 Å². The van der Waals surface area contributed by atoms with Gasteiger partial charge in [-0.1, -0.05) is 46.9 Å². The molecule has 3 aromatic rings. The molecule has 0 bridgehead atoms. The zero-order valence-electron chi connectivity index (χ0n) is 15.7. The van der Waals surface area contributed by atoms with Crippen molar-refractivity contribution in [1.82, 2.24) is 9.55 Å². The molecule has 0 atom stereocenters. The van der Waals surface area contributed by atoms with Crippen LogP contribution in [0.15, 0.2) is 41.2 Å². The fourth-order valence-electron chi connectivity index (χ4n) is 3.18. The van der Waals surface area contributed by atoms with Crippen LogP contribution in [-0.2, 0) is 13.0 Å².